The molecule has 0 saturated heterocycles. The van der Waals surface area contributed by atoms with E-state index in [0.29, 0.717) is 18.8 Å². The number of amides is 1. The van der Waals surface area contributed by atoms with E-state index in [2.05, 4.69) is 20.6 Å². The van der Waals surface area contributed by atoms with Crippen molar-refractivity contribution in [2.75, 3.05) is 0 Å². The number of nitrogens with zero attached hydrogens (tertiary/aromatic N) is 4. The van der Waals surface area contributed by atoms with E-state index in [9.17, 15) is 4.79 Å². The van der Waals surface area contributed by atoms with Gasteiger partial charge in [-0.1, -0.05) is 41.7 Å². The van der Waals surface area contributed by atoms with E-state index in [1.807, 2.05) is 41.8 Å². The highest BCUT2D eigenvalue weighted by atomic mass is 32.1. The van der Waals surface area contributed by atoms with Gasteiger partial charge in [0, 0.05) is 18.8 Å². The normalized spacial score (nSPS) is 15.5. The number of fused-ring (bicyclic) bond motifs is 1. The highest BCUT2D eigenvalue weighted by molar-refractivity contribution is 7.16. The second kappa shape index (κ2) is 6.32. The van der Waals surface area contributed by atoms with Gasteiger partial charge in [-0.25, -0.2) is 0 Å². The maximum atomic E-state index is 12.2. The summed E-state index contributed by atoms with van der Waals surface area (Å²) in [6.45, 7) is 2.00. The summed E-state index contributed by atoms with van der Waals surface area (Å²) in [6.07, 6.45) is 3.41. The van der Waals surface area contributed by atoms with Gasteiger partial charge >= 0.3 is 0 Å². The maximum Gasteiger partial charge on any atom is 0.234 e. The molecule has 1 amide bonds. The molecule has 0 radical (unpaired) electrons. The van der Waals surface area contributed by atoms with Crippen LogP contribution in [0.15, 0.2) is 30.3 Å². The molecule has 0 aliphatic heterocycles. The molecule has 3 aromatic rings. The zero-order valence-corrected chi connectivity index (χ0v) is 14.3. The zero-order valence-electron chi connectivity index (χ0n) is 13.5. The van der Waals surface area contributed by atoms with E-state index >= 15 is 0 Å². The molecule has 1 aliphatic rings. The minimum Gasteiger partial charge on any atom is -0.350 e. The van der Waals surface area contributed by atoms with Gasteiger partial charge in [-0.3, -0.25) is 4.79 Å². The van der Waals surface area contributed by atoms with Crippen LogP contribution in [0.4, 0.5) is 0 Å². The molecule has 1 atom stereocenters. The number of carbonyl (C=O) groups is 1. The quantitative estimate of drug-likeness (QED) is 0.748. The molecule has 2 heterocycles. The van der Waals surface area contributed by atoms with Crippen LogP contribution in [0.2, 0.25) is 0 Å². The first kappa shape index (κ1) is 15.3. The molecule has 4 rings (SSSR count). The number of carbonyl (C=O) groups excluding carboxylic acids is 1. The third kappa shape index (κ3) is 3.17. The van der Waals surface area contributed by atoms with E-state index in [4.69, 9.17) is 0 Å². The molecule has 1 saturated carbocycles. The lowest BCUT2D eigenvalue weighted by atomic mass is 10.1. The van der Waals surface area contributed by atoms with Crippen molar-refractivity contribution in [3.05, 3.63) is 46.7 Å². The Bertz CT molecular complexity index is 852. The second-order valence-electron chi connectivity index (χ2n) is 6.22. The molecule has 1 fully saturated rings. The molecule has 0 bridgehead atoms. The minimum atomic E-state index is 0.0120. The minimum absolute atomic E-state index is 0.0120. The van der Waals surface area contributed by atoms with Gasteiger partial charge in [-0.15, -0.1) is 10.2 Å². The summed E-state index contributed by atoms with van der Waals surface area (Å²) in [7, 11) is 0. The van der Waals surface area contributed by atoms with E-state index in [1.54, 1.807) is 0 Å². The fraction of sp³-hybridized carbons (Fsp3) is 0.412. The monoisotopic (exact) mass is 341 g/mol. The van der Waals surface area contributed by atoms with Crippen molar-refractivity contribution in [1.29, 1.82) is 0 Å². The van der Waals surface area contributed by atoms with Gasteiger partial charge in [-0.05, 0) is 25.3 Å². The lowest BCUT2D eigenvalue weighted by Gasteiger charge is -2.13. The number of nitrogens with one attached hydrogen (secondary N) is 1. The van der Waals surface area contributed by atoms with Gasteiger partial charge in [0.15, 0.2) is 5.82 Å². The third-order valence-corrected chi connectivity index (χ3v) is 5.20. The summed E-state index contributed by atoms with van der Waals surface area (Å²) < 4.78 is 1.85. The Morgan fingerprint density at radius 2 is 2.12 bits per heavy atom. The summed E-state index contributed by atoms with van der Waals surface area (Å²) in [5, 5.41) is 16.9. The topological polar surface area (TPSA) is 72.2 Å². The molecule has 6 nitrogen and oxygen atoms in total. The molecule has 2 aromatic heterocycles. The number of hydrogen-bond acceptors (Lipinski definition) is 5. The van der Waals surface area contributed by atoms with Crippen molar-refractivity contribution in [3.8, 4) is 0 Å². The van der Waals surface area contributed by atoms with Crippen LogP contribution in [0.1, 0.15) is 54.5 Å². The Labute approximate surface area is 143 Å². The summed E-state index contributed by atoms with van der Waals surface area (Å²) in [5.74, 6) is 1.53. The fourth-order valence-electron chi connectivity index (χ4n) is 2.73. The largest absolute Gasteiger partial charge is 0.350 e. The van der Waals surface area contributed by atoms with Crippen LogP contribution < -0.4 is 5.32 Å². The van der Waals surface area contributed by atoms with Crippen LogP contribution in [0.25, 0.3) is 4.96 Å². The van der Waals surface area contributed by atoms with Crippen LogP contribution in [0.5, 0.6) is 0 Å². The Balaban J connectivity index is 1.35. The predicted octanol–water partition coefficient (Wildman–Crippen LogP) is 2.87. The number of hydrogen-bond donors (Lipinski definition) is 1. The van der Waals surface area contributed by atoms with Crippen LogP contribution in [-0.4, -0.2) is 25.7 Å². The molecule has 1 aromatic carbocycles. The third-order valence-electron chi connectivity index (χ3n) is 4.24. The van der Waals surface area contributed by atoms with Crippen molar-refractivity contribution in [2.24, 2.45) is 0 Å². The smallest absolute Gasteiger partial charge is 0.234 e. The SMILES string of the molecule is CC(NC(=O)CCc1nn2c(C3CC3)nnc2s1)c1ccccc1. The number of rotatable bonds is 6. The Morgan fingerprint density at radius 1 is 1.33 bits per heavy atom. The van der Waals surface area contributed by atoms with E-state index in [0.717, 1.165) is 21.4 Å². The number of aryl methyl sites for hydroxylation is 1. The van der Waals surface area contributed by atoms with Crippen LogP contribution >= 0.6 is 11.3 Å². The first-order valence-corrected chi connectivity index (χ1v) is 9.07. The standard InChI is InChI=1S/C17H19N5OS/c1-11(12-5-3-2-4-6-12)18-14(23)9-10-15-21-22-16(13-7-8-13)19-20-17(22)24-15/h2-6,11,13H,7-10H2,1H3,(H,18,23). The molecule has 1 unspecified atom stereocenters. The molecular weight excluding hydrogens is 322 g/mol. The summed E-state index contributed by atoms with van der Waals surface area (Å²) in [5.41, 5.74) is 1.11. The van der Waals surface area contributed by atoms with E-state index in [1.165, 1.54) is 24.2 Å². The van der Waals surface area contributed by atoms with Gasteiger partial charge in [0.25, 0.3) is 0 Å². The maximum absolute atomic E-state index is 12.2. The van der Waals surface area contributed by atoms with Crippen LogP contribution in [0.3, 0.4) is 0 Å². The van der Waals surface area contributed by atoms with Crippen molar-refractivity contribution < 1.29 is 4.79 Å². The van der Waals surface area contributed by atoms with E-state index < -0.39 is 0 Å². The van der Waals surface area contributed by atoms with Gasteiger partial charge in [0.05, 0.1) is 6.04 Å². The zero-order chi connectivity index (χ0) is 16.5. The molecule has 0 spiro atoms. The second-order valence-corrected chi connectivity index (χ2v) is 7.26. The summed E-state index contributed by atoms with van der Waals surface area (Å²) >= 11 is 1.52. The van der Waals surface area contributed by atoms with Crippen molar-refractivity contribution >= 4 is 22.2 Å². The van der Waals surface area contributed by atoms with Crippen molar-refractivity contribution in [1.82, 2.24) is 25.1 Å². The summed E-state index contributed by atoms with van der Waals surface area (Å²) in [6, 6.07) is 9.99. The average Bonchev–Trinajstić information content (AvgIpc) is 3.23. The molecule has 1 N–H and O–H groups in total. The Kier molecular flexibility index (Phi) is 4.02. The molecule has 7 heteroatoms. The molecule has 1 aliphatic carbocycles. The Morgan fingerprint density at radius 3 is 2.88 bits per heavy atom. The first-order valence-electron chi connectivity index (χ1n) is 8.26. The van der Waals surface area contributed by atoms with E-state index in [-0.39, 0.29) is 11.9 Å². The van der Waals surface area contributed by atoms with Crippen molar-refractivity contribution in [2.45, 2.75) is 44.6 Å². The molecule has 24 heavy (non-hydrogen) atoms. The number of benzene rings is 1. The lowest BCUT2D eigenvalue weighted by Crippen LogP contribution is -2.26. The summed E-state index contributed by atoms with van der Waals surface area (Å²) in [4.78, 5) is 13.0. The molecular formula is C17H19N5OS. The number of aromatic nitrogens is 4. The molecule has 124 valence electrons. The van der Waals surface area contributed by atoms with Crippen LogP contribution in [-0.2, 0) is 11.2 Å². The highest BCUT2D eigenvalue weighted by Gasteiger charge is 2.30. The fourth-order valence-corrected chi connectivity index (χ4v) is 3.57. The highest BCUT2D eigenvalue weighted by Crippen LogP contribution is 2.39. The van der Waals surface area contributed by atoms with Crippen molar-refractivity contribution in [3.63, 3.8) is 0 Å². The average molecular weight is 341 g/mol. The van der Waals surface area contributed by atoms with Crippen LogP contribution in [0, 0.1) is 0 Å². The Hall–Kier alpha value is -2.28. The predicted molar refractivity (Wildman–Crippen MR) is 92.0 cm³/mol. The lowest BCUT2D eigenvalue weighted by molar-refractivity contribution is -0.121. The van der Waals surface area contributed by atoms with Gasteiger partial charge in [0.1, 0.15) is 5.01 Å². The first-order chi connectivity index (χ1) is 11.7. The van der Waals surface area contributed by atoms with Gasteiger partial charge in [-0.2, -0.15) is 9.61 Å². The van der Waals surface area contributed by atoms with Gasteiger partial charge < -0.3 is 5.32 Å². The van der Waals surface area contributed by atoms with Gasteiger partial charge in [0.2, 0.25) is 10.9 Å².